The minimum Gasteiger partial charge on any atom is -0.467 e. The van der Waals surface area contributed by atoms with Crippen molar-refractivity contribution >= 4 is 11.9 Å². The fraction of sp³-hybridized carbons (Fsp3) is 0.323. The molecular formula is C31H34N2O3. The zero-order valence-electron chi connectivity index (χ0n) is 21.5. The molecule has 5 nitrogen and oxygen atoms in total. The van der Waals surface area contributed by atoms with Gasteiger partial charge in [-0.1, -0.05) is 87.9 Å². The Morgan fingerprint density at radius 1 is 0.944 bits per heavy atom. The Bertz CT molecular complexity index is 1210. The summed E-state index contributed by atoms with van der Waals surface area (Å²) >= 11 is 0. The predicted molar refractivity (Wildman–Crippen MR) is 143 cm³/mol. The zero-order chi connectivity index (χ0) is 26.1. The van der Waals surface area contributed by atoms with E-state index in [0.717, 1.165) is 40.7 Å². The Kier molecular flexibility index (Phi) is 9.41. The summed E-state index contributed by atoms with van der Waals surface area (Å²) in [6.07, 6.45) is 2.07. The average Bonchev–Trinajstić information content (AvgIpc) is 2.91. The van der Waals surface area contributed by atoms with Crippen LogP contribution < -0.4 is 0 Å². The highest BCUT2D eigenvalue weighted by Crippen LogP contribution is 2.30. The van der Waals surface area contributed by atoms with Gasteiger partial charge in [0.05, 0.1) is 18.7 Å². The summed E-state index contributed by atoms with van der Waals surface area (Å²) in [6, 6.07) is 25.4. The molecule has 0 saturated heterocycles. The summed E-state index contributed by atoms with van der Waals surface area (Å²) in [5, 5.41) is 9.70. The molecule has 0 aromatic heterocycles. The highest BCUT2D eigenvalue weighted by atomic mass is 16.5. The van der Waals surface area contributed by atoms with Gasteiger partial charge in [0, 0.05) is 18.5 Å². The lowest BCUT2D eigenvalue weighted by molar-refractivity contribution is -0.155. The van der Waals surface area contributed by atoms with Crippen molar-refractivity contribution in [1.82, 2.24) is 4.90 Å². The first-order valence-electron chi connectivity index (χ1n) is 12.5. The number of carbonyl (C=O) groups is 2. The van der Waals surface area contributed by atoms with Gasteiger partial charge in [-0.25, -0.2) is 4.79 Å². The molecule has 0 N–H and O–H groups in total. The molecule has 1 amide bonds. The van der Waals surface area contributed by atoms with Crippen molar-refractivity contribution < 1.29 is 14.3 Å². The summed E-state index contributed by atoms with van der Waals surface area (Å²) in [7, 11) is 1.36. The van der Waals surface area contributed by atoms with E-state index in [1.165, 1.54) is 7.11 Å². The minimum atomic E-state index is -0.647. The first kappa shape index (κ1) is 26.7. The second-order valence-corrected chi connectivity index (χ2v) is 9.27. The molecule has 0 heterocycles. The summed E-state index contributed by atoms with van der Waals surface area (Å²) in [6.45, 7) is 6.21. The number of methoxy groups -OCH3 is 1. The maximum Gasteiger partial charge on any atom is 0.328 e. The van der Waals surface area contributed by atoms with E-state index in [9.17, 15) is 14.9 Å². The van der Waals surface area contributed by atoms with Crippen molar-refractivity contribution in [2.45, 2.75) is 52.6 Å². The SMILES string of the molecule is CCCCC(=O)N(Cc1ccc(-c2cc(-c3ccccc3)ccc2C#N)cc1)C(C(=O)OC)C(C)C. The monoisotopic (exact) mass is 482 g/mol. The van der Waals surface area contributed by atoms with Crippen LogP contribution in [0.5, 0.6) is 0 Å². The van der Waals surface area contributed by atoms with Gasteiger partial charge in [-0.15, -0.1) is 0 Å². The normalized spacial score (nSPS) is 11.6. The molecule has 1 unspecified atom stereocenters. The molecule has 0 aliphatic heterocycles. The van der Waals surface area contributed by atoms with Crippen LogP contribution in [0.25, 0.3) is 22.3 Å². The molecule has 186 valence electrons. The standard InChI is InChI=1S/C31H34N2O3/c1-5-6-12-29(34)33(30(22(2)3)31(35)36-4)21-23-13-15-25(16-14-23)28-19-26(17-18-27(28)20-32)24-10-8-7-9-11-24/h7-11,13-19,22,30H,5-6,12,21H2,1-4H3. The number of esters is 1. The Labute approximate surface area is 214 Å². The largest absolute Gasteiger partial charge is 0.467 e. The second kappa shape index (κ2) is 12.7. The lowest BCUT2D eigenvalue weighted by atomic mass is 9.94. The van der Waals surface area contributed by atoms with Crippen LogP contribution in [0.3, 0.4) is 0 Å². The van der Waals surface area contributed by atoms with Gasteiger partial charge in [-0.2, -0.15) is 5.26 Å². The van der Waals surface area contributed by atoms with E-state index in [1.54, 1.807) is 4.90 Å². The van der Waals surface area contributed by atoms with E-state index < -0.39 is 12.0 Å². The van der Waals surface area contributed by atoms with Crippen LogP contribution in [0.15, 0.2) is 72.8 Å². The molecule has 1 atom stereocenters. The summed E-state index contributed by atoms with van der Waals surface area (Å²) < 4.78 is 5.03. The van der Waals surface area contributed by atoms with E-state index in [2.05, 4.69) is 6.07 Å². The van der Waals surface area contributed by atoms with E-state index in [0.29, 0.717) is 18.5 Å². The quantitative estimate of drug-likeness (QED) is 0.305. The van der Waals surface area contributed by atoms with Gasteiger partial charge in [0.1, 0.15) is 6.04 Å². The van der Waals surface area contributed by atoms with Gasteiger partial charge in [0.2, 0.25) is 5.91 Å². The molecule has 3 rings (SSSR count). The highest BCUT2D eigenvalue weighted by Gasteiger charge is 2.33. The number of benzene rings is 3. The summed E-state index contributed by atoms with van der Waals surface area (Å²) in [4.78, 5) is 27.3. The number of amides is 1. The molecule has 3 aromatic rings. The van der Waals surface area contributed by atoms with E-state index in [1.807, 2.05) is 93.6 Å². The van der Waals surface area contributed by atoms with Gasteiger partial charge < -0.3 is 9.64 Å². The fourth-order valence-corrected chi connectivity index (χ4v) is 4.37. The maximum absolute atomic E-state index is 13.1. The highest BCUT2D eigenvalue weighted by molar-refractivity contribution is 5.85. The fourth-order valence-electron chi connectivity index (χ4n) is 4.37. The second-order valence-electron chi connectivity index (χ2n) is 9.27. The molecule has 0 aliphatic carbocycles. The van der Waals surface area contributed by atoms with Crippen LogP contribution in [0.1, 0.15) is 51.2 Å². The van der Waals surface area contributed by atoms with Crippen molar-refractivity contribution in [3.63, 3.8) is 0 Å². The van der Waals surface area contributed by atoms with Crippen molar-refractivity contribution in [3.8, 4) is 28.3 Å². The first-order valence-corrected chi connectivity index (χ1v) is 12.5. The predicted octanol–water partition coefficient (Wildman–Crippen LogP) is 6.61. The molecule has 0 saturated carbocycles. The Morgan fingerprint density at radius 2 is 1.61 bits per heavy atom. The van der Waals surface area contributed by atoms with Crippen LogP contribution in [0, 0.1) is 17.2 Å². The number of ether oxygens (including phenoxy) is 1. The lowest BCUT2D eigenvalue weighted by Crippen LogP contribution is -2.48. The molecule has 0 spiro atoms. The molecule has 5 heteroatoms. The van der Waals surface area contributed by atoms with Crippen molar-refractivity contribution in [2.75, 3.05) is 7.11 Å². The molecule has 0 aliphatic rings. The smallest absolute Gasteiger partial charge is 0.328 e. The van der Waals surface area contributed by atoms with Gasteiger partial charge in [-0.05, 0) is 46.7 Å². The zero-order valence-corrected chi connectivity index (χ0v) is 21.5. The number of carbonyl (C=O) groups excluding carboxylic acids is 2. The molecule has 36 heavy (non-hydrogen) atoms. The summed E-state index contributed by atoms with van der Waals surface area (Å²) in [5.41, 5.74) is 5.42. The topological polar surface area (TPSA) is 70.4 Å². The van der Waals surface area contributed by atoms with Gasteiger partial charge in [0.15, 0.2) is 0 Å². The Morgan fingerprint density at radius 3 is 2.19 bits per heavy atom. The average molecular weight is 483 g/mol. The van der Waals surface area contributed by atoms with Crippen molar-refractivity contribution in [1.29, 1.82) is 5.26 Å². The van der Waals surface area contributed by atoms with Crippen LogP contribution in [0.2, 0.25) is 0 Å². The van der Waals surface area contributed by atoms with Crippen molar-refractivity contribution in [2.24, 2.45) is 5.92 Å². The minimum absolute atomic E-state index is 0.0487. The molecule has 0 bridgehead atoms. The van der Waals surface area contributed by atoms with Crippen molar-refractivity contribution in [3.05, 3.63) is 83.9 Å². The van der Waals surface area contributed by atoms with E-state index in [4.69, 9.17) is 4.74 Å². The third kappa shape index (κ3) is 6.40. The lowest BCUT2D eigenvalue weighted by Gasteiger charge is -2.32. The van der Waals surface area contributed by atoms with E-state index in [-0.39, 0.29) is 11.8 Å². The van der Waals surface area contributed by atoms with Gasteiger partial charge >= 0.3 is 5.97 Å². The van der Waals surface area contributed by atoms with Gasteiger partial charge in [0.25, 0.3) is 0 Å². The number of hydrogen-bond donors (Lipinski definition) is 0. The number of hydrogen-bond acceptors (Lipinski definition) is 4. The van der Waals surface area contributed by atoms with Crippen LogP contribution in [-0.2, 0) is 20.9 Å². The summed E-state index contributed by atoms with van der Waals surface area (Å²) in [5.74, 6) is -0.531. The molecule has 0 radical (unpaired) electrons. The maximum atomic E-state index is 13.1. The van der Waals surface area contributed by atoms with Crippen LogP contribution in [0.4, 0.5) is 0 Å². The molecular weight excluding hydrogens is 448 g/mol. The van der Waals surface area contributed by atoms with Crippen LogP contribution >= 0.6 is 0 Å². The molecule has 3 aromatic carbocycles. The third-order valence-corrected chi connectivity index (χ3v) is 6.34. The Balaban J connectivity index is 1.92. The molecule has 0 fully saturated rings. The number of nitrogens with zero attached hydrogens (tertiary/aromatic N) is 2. The number of rotatable bonds is 10. The van der Waals surface area contributed by atoms with E-state index >= 15 is 0 Å². The number of nitriles is 1. The van der Waals surface area contributed by atoms with Crippen LogP contribution in [-0.4, -0.2) is 29.9 Å². The number of unbranched alkanes of at least 4 members (excludes halogenated alkanes) is 1. The Hall–Kier alpha value is -3.91. The van der Waals surface area contributed by atoms with Gasteiger partial charge in [-0.3, -0.25) is 4.79 Å². The first-order chi connectivity index (χ1) is 17.4. The third-order valence-electron chi connectivity index (χ3n) is 6.34.